The van der Waals surface area contributed by atoms with Gasteiger partial charge in [0.1, 0.15) is 17.1 Å². The summed E-state index contributed by atoms with van der Waals surface area (Å²) in [6.07, 6.45) is 0. The van der Waals surface area contributed by atoms with E-state index in [-0.39, 0.29) is 11.4 Å². The highest BCUT2D eigenvalue weighted by Gasteiger charge is 2.25. The molecule has 0 fully saturated rings. The highest BCUT2D eigenvalue weighted by atomic mass is 16.6. The molecule has 136 valence electrons. The number of azo groups is 1. The zero-order valence-corrected chi connectivity index (χ0v) is 14.8. The van der Waals surface area contributed by atoms with Gasteiger partial charge in [-0.3, -0.25) is 10.1 Å². The maximum absolute atomic E-state index is 11.8. The van der Waals surface area contributed by atoms with Gasteiger partial charge in [-0.1, -0.05) is 30.3 Å². The summed E-state index contributed by atoms with van der Waals surface area (Å²) in [7, 11) is 3.05. The summed E-state index contributed by atoms with van der Waals surface area (Å²) >= 11 is 0. The van der Waals surface area contributed by atoms with Crippen molar-refractivity contribution in [3.05, 3.63) is 76.8 Å². The van der Waals surface area contributed by atoms with Crippen LogP contribution in [0.5, 0.6) is 11.5 Å². The van der Waals surface area contributed by atoms with Gasteiger partial charge in [0, 0.05) is 0 Å². The summed E-state index contributed by atoms with van der Waals surface area (Å²) in [5.74, 6) is 1.09. The van der Waals surface area contributed by atoms with Gasteiger partial charge in [0.2, 0.25) is 0 Å². The molecule has 0 aliphatic rings. The average Bonchev–Trinajstić information content (AvgIpc) is 2.72. The summed E-state index contributed by atoms with van der Waals surface area (Å²) < 4.78 is 10.4. The molecular formula is C20H17N3O4. The molecule has 7 nitrogen and oxygen atoms in total. The van der Waals surface area contributed by atoms with Gasteiger partial charge < -0.3 is 9.47 Å². The molecule has 0 aliphatic heterocycles. The largest absolute Gasteiger partial charge is 0.497 e. The van der Waals surface area contributed by atoms with Crippen molar-refractivity contribution in [1.29, 1.82) is 0 Å². The highest BCUT2D eigenvalue weighted by molar-refractivity contribution is 5.85. The fraction of sp³-hybridized carbons (Fsp3) is 0.100. The molecule has 0 saturated heterocycles. The number of nitro groups is 1. The molecule has 27 heavy (non-hydrogen) atoms. The minimum absolute atomic E-state index is 0.149. The first-order chi connectivity index (χ1) is 13.1. The summed E-state index contributed by atoms with van der Waals surface area (Å²) in [6.45, 7) is 0. The molecule has 0 saturated carbocycles. The van der Waals surface area contributed by atoms with Crippen molar-refractivity contribution in [2.45, 2.75) is 0 Å². The summed E-state index contributed by atoms with van der Waals surface area (Å²) in [5, 5.41) is 20.0. The van der Waals surface area contributed by atoms with E-state index in [9.17, 15) is 10.1 Å². The predicted molar refractivity (Wildman–Crippen MR) is 102 cm³/mol. The maximum atomic E-state index is 11.8. The van der Waals surface area contributed by atoms with Gasteiger partial charge in [0.05, 0.1) is 24.8 Å². The van der Waals surface area contributed by atoms with Gasteiger partial charge in [-0.05, 0) is 42.0 Å². The summed E-state index contributed by atoms with van der Waals surface area (Å²) in [6, 6.07) is 19.1. The minimum Gasteiger partial charge on any atom is -0.497 e. The first-order valence-electron chi connectivity index (χ1n) is 8.10. The molecule has 0 aromatic heterocycles. The second kappa shape index (κ2) is 8.09. The zero-order valence-electron chi connectivity index (χ0n) is 14.8. The third-order valence-corrected chi connectivity index (χ3v) is 3.93. The van der Waals surface area contributed by atoms with Gasteiger partial charge in [-0.15, -0.1) is 5.11 Å². The molecule has 3 rings (SSSR count). The normalized spacial score (nSPS) is 10.7. The fourth-order valence-electron chi connectivity index (χ4n) is 2.64. The van der Waals surface area contributed by atoms with Crippen LogP contribution in [0.1, 0.15) is 0 Å². The third kappa shape index (κ3) is 3.92. The van der Waals surface area contributed by atoms with Crippen molar-refractivity contribution in [2.75, 3.05) is 14.2 Å². The molecule has 0 bridgehead atoms. The number of hydrogen-bond donors (Lipinski definition) is 0. The second-order valence-corrected chi connectivity index (χ2v) is 5.53. The van der Waals surface area contributed by atoms with Gasteiger partial charge in [-0.25, -0.2) is 0 Å². The Morgan fingerprint density at radius 3 is 2.15 bits per heavy atom. The molecule has 3 aromatic rings. The van der Waals surface area contributed by atoms with E-state index in [4.69, 9.17) is 9.47 Å². The Labute approximate surface area is 156 Å². The van der Waals surface area contributed by atoms with Crippen LogP contribution in [-0.4, -0.2) is 19.1 Å². The van der Waals surface area contributed by atoms with Crippen LogP contribution in [0, 0.1) is 10.1 Å². The fourth-order valence-corrected chi connectivity index (χ4v) is 2.64. The third-order valence-electron chi connectivity index (χ3n) is 3.93. The van der Waals surface area contributed by atoms with Crippen LogP contribution in [0.4, 0.5) is 17.1 Å². The van der Waals surface area contributed by atoms with Gasteiger partial charge in [-0.2, -0.15) is 5.11 Å². The SMILES string of the molecule is COc1ccc(N=Nc2ccc(OC)c(-c3ccccc3)c2[N+](=O)[O-])cc1. The van der Waals surface area contributed by atoms with Crippen LogP contribution in [0.15, 0.2) is 77.0 Å². The Kier molecular flexibility index (Phi) is 5.41. The Bertz CT molecular complexity index is 971. The van der Waals surface area contributed by atoms with E-state index in [1.807, 2.05) is 18.2 Å². The molecule has 0 spiro atoms. The number of hydrogen-bond acceptors (Lipinski definition) is 6. The van der Waals surface area contributed by atoms with Crippen molar-refractivity contribution in [2.24, 2.45) is 10.2 Å². The molecule has 0 heterocycles. The smallest absolute Gasteiger partial charge is 0.308 e. The number of nitro benzene ring substituents is 1. The minimum atomic E-state index is -0.465. The molecule has 0 N–H and O–H groups in total. The average molecular weight is 363 g/mol. The number of nitrogens with zero attached hydrogens (tertiary/aromatic N) is 3. The number of benzene rings is 3. The lowest BCUT2D eigenvalue weighted by Gasteiger charge is -2.10. The van der Waals surface area contributed by atoms with Crippen molar-refractivity contribution in [1.82, 2.24) is 0 Å². The lowest BCUT2D eigenvalue weighted by atomic mass is 10.0. The van der Waals surface area contributed by atoms with E-state index < -0.39 is 4.92 Å². The van der Waals surface area contributed by atoms with Crippen LogP contribution in [0.25, 0.3) is 11.1 Å². The molecule has 0 amide bonds. The predicted octanol–water partition coefficient (Wildman–Crippen LogP) is 5.69. The second-order valence-electron chi connectivity index (χ2n) is 5.53. The van der Waals surface area contributed by atoms with Crippen LogP contribution < -0.4 is 9.47 Å². The van der Waals surface area contributed by atoms with Crippen molar-refractivity contribution in [3.8, 4) is 22.6 Å². The van der Waals surface area contributed by atoms with Crippen LogP contribution in [-0.2, 0) is 0 Å². The molecule has 0 radical (unpaired) electrons. The first kappa shape index (κ1) is 18.1. The maximum Gasteiger partial charge on any atom is 0.308 e. The number of methoxy groups -OCH3 is 2. The first-order valence-corrected chi connectivity index (χ1v) is 8.10. The Morgan fingerprint density at radius 2 is 1.56 bits per heavy atom. The van der Waals surface area contributed by atoms with Crippen molar-refractivity contribution in [3.63, 3.8) is 0 Å². The topological polar surface area (TPSA) is 86.3 Å². The van der Waals surface area contributed by atoms with Crippen LogP contribution in [0.2, 0.25) is 0 Å². The molecular weight excluding hydrogens is 346 g/mol. The molecule has 0 atom stereocenters. The lowest BCUT2D eigenvalue weighted by molar-refractivity contribution is -0.383. The summed E-state index contributed by atoms with van der Waals surface area (Å²) in [4.78, 5) is 11.3. The van der Waals surface area contributed by atoms with E-state index >= 15 is 0 Å². The van der Waals surface area contributed by atoms with Gasteiger partial charge in [0.25, 0.3) is 0 Å². The summed E-state index contributed by atoms with van der Waals surface area (Å²) in [5.41, 5.74) is 1.59. The Morgan fingerprint density at radius 1 is 0.852 bits per heavy atom. The monoisotopic (exact) mass is 363 g/mol. The Hall–Kier alpha value is -3.74. The van der Waals surface area contributed by atoms with E-state index in [2.05, 4.69) is 10.2 Å². The van der Waals surface area contributed by atoms with Gasteiger partial charge >= 0.3 is 5.69 Å². The molecule has 7 heteroatoms. The van der Waals surface area contributed by atoms with E-state index in [1.54, 1.807) is 49.6 Å². The van der Waals surface area contributed by atoms with E-state index in [0.717, 1.165) is 0 Å². The van der Waals surface area contributed by atoms with E-state index in [0.29, 0.717) is 28.3 Å². The van der Waals surface area contributed by atoms with E-state index in [1.165, 1.54) is 13.2 Å². The zero-order chi connectivity index (χ0) is 19.2. The quantitative estimate of drug-likeness (QED) is 0.319. The Balaban J connectivity index is 2.10. The van der Waals surface area contributed by atoms with Crippen LogP contribution in [0.3, 0.4) is 0 Å². The highest BCUT2D eigenvalue weighted by Crippen LogP contribution is 2.44. The molecule has 0 aliphatic carbocycles. The number of rotatable bonds is 6. The standard InChI is InChI=1S/C20H17N3O4/c1-26-16-10-8-15(9-11-16)21-22-17-12-13-18(27-2)19(20(17)23(24)25)14-6-4-3-5-7-14/h3-13H,1-2H3. The molecule has 0 unspecified atom stereocenters. The van der Waals surface area contributed by atoms with Crippen molar-refractivity contribution < 1.29 is 14.4 Å². The lowest BCUT2D eigenvalue weighted by Crippen LogP contribution is -1.96. The molecule has 3 aromatic carbocycles. The number of ether oxygens (including phenoxy) is 2. The van der Waals surface area contributed by atoms with Crippen LogP contribution >= 0.6 is 0 Å². The van der Waals surface area contributed by atoms with Crippen molar-refractivity contribution >= 4 is 17.1 Å². The van der Waals surface area contributed by atoms with Gasteiger partial charge in [0.15, 0.2) is 5.69 Å².